The summed E-state index contributed by atoms with van der Waals surface area (Å²) in [5, 5.41) is 4.37. The van der Waals surface area contributed by atoms with Crippen LogP contribution in [0.4, 0.5) is 5.69 Å². The van der Waals surface area contributed by atoms with E-state index in [1.54, 1.807) is 24.6 Å². The molecule has 7 heteroatoms. The van der Waals surface area contributed by atoms with Crippen LogP contribution in [0.25, 0.3) is 4.96 Å². The number of anilines is 1. The van der Waals surface area contributed by atoms with E-state index in [0.717, 1.165) is 5.56 Å². The van der Waals surface area contributed by atoms with E-state index in [1.165, 1.54) is 15.7 Å². The van der Waals surface area contributed by atoms with Crippen LogP contribution in [0.5, 0.6) is 5.75 Å². The summed E-state index contributed by atoms with van der Waals surface area (Å²) in [6, 6.07) is 7.43. The van der Waals surface area contributed by atoms with E-state index in [4.69, 9.17) is 4.74 Å². The van der Waals surface area contributed by atoms with Gasteiger partial charge in [0, 0.05) is 11.6 Å². The largest absolute Gasteiger partial charge is 0.483 e. The Hall–Kier alpha value is -2.67. The Balaban J connectivity index is 1.76. The normalized spacial score (nSPS) is 10.7. The minimum atomic E-state index is -0.398. The Morgan fingerprint density at radius 3 is 2.91 bits per heavy atom. The molecule has 0 bridgehead atoms. The molecule has 2 aromatic heterocycles. The van der Waals surface area contributed by atoms with Gasteiger partial charge in [-0.3, -0.25) is 14.0 Å². The number of hydrogen-bond donors (Lipinski definition) is 1. The van der Waals surface area contributed by atoms with Gasteiger partial charge in [0.1, 0.15) is 11.4 Å². The van der Waals surface area contributed by atoms with E-state index < -0.39 is 5.91 Å². The van der Waals surface area contributed by atoms with E-state index in [9.17, 15) is 9.59 Å². The zero-order valence-corrected chi connectivity index (χ0v) is 13.5. The Morgan fingerprint density at radius 2 is 2.13 bits per heavy atom. The van der Waals surface area contributed by atoms with Gasteiger partial charge in [0.15, 0.2) is 11.6 Å². The first-order chi connectivity index (χ1) is 11.1. The number of nitrogens with zero attached hydrogens (tertiary/aromatic N) is 2. The Labute approximate surface area is 136 Å². The molecule has 23 heavy (non-hydrogen) atoms. The van der Waals surface area contributed by atoms with Crippen molar-refractivity contribution < 1.29 is 9.53 Å². The first kappa shape index (κ1) is 15.2. The third-order valence-electron chi connectivity index (χ3n) is 3.36. The predicted molar refractivity (Wildman–Crippen MR) is 89.4 cm³/mol. The highest BCUT2D eigenvalue weighted by molar-refractivity contribution is 7.15. The first-order valence-electron chi connectivity index (χ1n) is 7.01. The fourth-order valence-corrected chi connectivity index (χ4v) is 2.91. The molecule has 0 saturated heterocycles. The summed E-state index contributed by atoms with van der Waals surface area (Å²) in [5.74, 6) is 0.243. The lowest BCUT2D eigenvalue weighted by molar-refractivity contribution is -0.118. The van der Waals surface area contributed by atoms with Crippen LogP contribution >= 0.6 is 11.3 Å². The van der Waals surface area contributed by atoms with Crippen molar-refractivity contribution in [3.8, 4) is 5.75 Å². The highest BCUT2D eigenvalue weighted by Gasteiger charge is 2.14. The molecule has 0 aliphatic heterocycles. The lowest BCUT2D eigenvalue weighted by Crippen LogP contribution is -2.27. The lowest BCUT2D eigenvalue weighted by atomic mass is 10.2. The van der Waals surface area contributed by atoms with Crippen LogP contribution in [-0.2, 0) is 4.79 Å². The van der Waals surface area contributed by atoms with Crippen molar-refractivity contribution in [3.63, 3.8) is 0 Å². The number of ether oxygens (including phenoxy) is 1. The first-order valence-corrected chi connectivity index (χ1v) is 7.89. The van der Waals surface area contributed by atoms with Crippen LogP contribution in [0.2, 0.25) is 0 Å². The molecule has 0 unspecified atom stereocenters. The molecule has 0 atom stereocenters. The van der Waals surface area contributed by atoms with Crippen molar-refractivity contribution in [2.45, 2.75) is 13.8 Å². The highest BCUT2D eigenvalue weighted by Crippen LogP contribution is 2.16. The van der Waals surface area contributed by atoms with Crippen LogP contribution < -0.4 is 15.6 Å². The van der Waals surface area contributed by atoms with Crippen molar-refractivity contribution >= 4 is 27.9 Å². The number of benzene rings is 1. The average Bonchev–Trinajstić information content (AvgIpc) is 2.99. The zero-order valence-electron chi connectivity index (χ0n) is 12.7. The number of rotatable bonds is 4. The zero-order chi connectivity index (χ0) is 16.4. The van der Waals surface area contributed by atoms with E-state index in [2.05, 4.69) is 10.3 Å². The number of aryl methyl sites for hydroxylation is 2. The van der Waals surface area contributed by atoms with E-state index >= 15 is 0 Å². The topological polar surface area (TPSA) is 72.7 Å². The number of carbonyl (C=O) groups excluding carboxylic acids is 1. The van der Waals surface area contributed by atoms with Gasteiger partial charge in [-0.1, -0.05) is 18.2 Å². The molecule has 0 aliphatic carbocycles. The van der Waals surface area contributed by atoms with Gasteiger partial charge in [-0.25, -0.2) is 4.98 Å². The molecule has 0 fully saturated rings. The van der Waals surface area contributed by atoms with Crippen LogP contribution in [-0.4, -0.2) is 21.9 Å². The van der Waals surface area contributed by atoms with Gasteiger partial charge in [-0.2, -0.15) is 0 Å². The monoisotopic (exact) mass is 329 g/mol. The third kappa shape index (κ3) is 3.09. The minimum Gasteiger partial charge on any atom is -0.483 e. The maximum atomic E-state index is 12.3. The average molecular weight is 329 g/mol. The molecule has 118 valence electrons. The number of para-hydroxylation sites is 1. The summed E-state index contributed by atoms with van der Waals surface area (Å²) in [7, 11) is 0. The van der Waals surface area contributed by atoms with Crippen LogP contribution in [0, 0.1) is 13.8 Å². The molecule has 3 rings (SSSR count). The standard InChI is InChI=1S/C16H15N3O3S/c1-10-5-3-4-6-12(10)22-9-13(20)18-14-11(2)17-16-19(15(14)21)7-8-23-16/h3-8H,9H2,1-2H3,(H,18,20). The molecule has 1 N–H and O–H groups in total. The van der Waals surface area contributed by atoms with Crippen molar-refractivity contribution in [2.24, 2.45) is 0 Å². The lowest BCUT2D eigenvalue weighted by Gasteiger charge is -2.10. The summed E-state index contributed by atoms with van der Waals surface area (Å²) in [5.41, 5.74) is 1.32. The number of amides is 1. The number of fused-ring (bicyclic) bond motifs is 1. The molecular formula is C16H15N3O3S. The highest BCUT2D eigenvalue weighted by atomic mass is 32.1. The molecule has 0 radical (unpaired) electrons. The molecule has 1 amide bonds. The predicted octanol–water partition coefficient (Wildman–Crippen LogP) is 2.39. The van der Waals surface area contributed by atoms with Crippen LogP contribution in [0.1, 0.15) is 11.3 Å². The van der Waals surface area contributed by atoms with Crippen molar-refractivity contribution in [2.75, 3.05) is 11.9 Å². The van der Waals surface area contributed by atoms with Gasteiger partial charge >= 0.3 is 0 Å². The molecule has 2 heterocycles. The second-order valence-electron chi connectivity index (χ2n) is 5.04. The molecule has 3 aromatic rings. The maximum Gasteiger partial charge on any atom is 0.282 e. The molecule has 1 aromatic carbocycles. The van der Waals surface area contributed by atoms with E-state index in [-0.39, 0.29) is 17.9 Å². The fourth-order valence-electron chi connectivity index (χ4n) is 2.16. The minimum absolute atomic E-state index is 0.171. The van der Waals surface area contributed by atoms with Crippen molar-refractivity contribution in [1.29, 1.82) is 0 Å². The van der Waals surface area contributed by atoms with Crippen molar-refractivity contribution in [3.05, 3.63) is 57.5 Å². The summed E-state index contributed by atoms with van der Waals surface area (Å²) in [6.45, 7) is 3.42. The third-order valence-corrected chi connectivity index (χ3v) is 4.12. The number of thiazole rings is 1. The number of nitrogens with one attached hydrogen (secondary N) is 1. The van der Waals surface area contributed by atoms with Gasteiger partial charge in [0.05, 0.1) is 5.69 Å². The fraction of sp³-hybridized carbons (Fsp3) is 0.188. The number of carbonyl (C=O) groups is 1. The molecule has 6 nitrogen and oxygen atoms in total. The summed E-state index contributed by atoms with van der Waals surface area (Å²) >= 11 is 1.37. The quantitative estimate of drug-likeness (QED) is 0.798. The van der Waals surface area contributed by atoms with Gasteiger partial charge in [-0.05, 0) is 25.5 Å². The molecule has 0 spiro atoms. The van der Waals surface area contributed by atoms with Gasteiger partial charge in [0.25, 0.3) is 11.5 Å². The molecule has 0 aliphatic rings. The SMILES string of the molecule is Cc1ccccc1OCC(=O)Nc1c(C)nc2sccn2c1=O. The van der Waals surface area contributed by atoms with Crippen LogP contribution in [0.3, 0.4) is 0 Å². The number of hydrogen-bond acceptors (Lipinski definition) is 5. The second-order valence-corrected chi connectivity index (χ2v) is 5.91. The van der Waals surface area contributed by atoms with E-state index in [0.29, 0.717) is 16.4 Å². The molecule has 0 saturated carbocycles. The van der Waals surface area contributed by atoms with Gasteiger partial charge in [-0.15, -0.1) is 11.3 Å². The Morgan fingerprint density at radius 1 is 1.35 bits per heavy atom. The summed E-state index contributed by atoms with van der Waals surface area (Å²) < 4.78 is 6.90. The number of aromatic nitrogens is 2. The summed E-state index contributed by atoms with van der Waals surface area (Å²) in [4.78, 5) is 29.3. The second kappa shape index (κ2) is 6.21. The smallest absolute Gasteiger partial charge is 0.282 e. The Kier molecular flexibility index (Phi) is 4.12. The van der Waals surface area contributed by atoms with E-state index in [1.807, 2.05) is 25.1 Å². The van der Waals surface area contributed by atoms with Crippen LogP contribution in [0.15, 0.2) is 40.6 Å². The maximum absolute atomic E-state index is 12.3. The Bertz CT molecular complexity index is 930. The van der Waals surface area contributed by atoms with Crippen molar-refractivity contribution in [1.82, 2.24) is 9.38 Å². The summed E-state index contributed by atoms with van der Waals surface area (Å²) in [6.07, 6.45) is 1.63. The van der Waals surface area contributed by atoms with Gasteiger partial charge < -0.3 is 10.1 Å². The van der Waals surface area contributed by atoms with Gasteiger partial charge in [0.2, 0.25) is 0 Å². The molecular weight excluding hydrogens is 314 g/mol.